The molecule has 2 aliphatic heterocycles. The zero-order valence-electron chi connectivity index (χ0n) is 17.4. The Labute approximate surface area is 191 Å². The summed E-state index contributed by atoms with van der Waals surface area (Å²) >= 11 is 6.24. The number of ether oxygens (including phenoxy) is 1. The number of aromatic nitrogens is 1. The highest BCUT2D eigenvalue weighted by atomic mass is 35.5. The number of anilines is 1. The second-order valence-electron chi connectivity index (χ2n) is 7.85. The van der Waals surface area contributed by atoms with Crippen molar-refractivity contribution < 1.29 is 14.6 Å². The molecule has 0 atom stereocenters. The van der Waals surface area contributed by atoms with Crippen molar-refractivity contribution in [2.75, 3.05) is 31.1 Å². The quantitative estimate of drug-likeness (QED) is 0.599. The van der Waals surface area contributed by atoms with Crippen LogP contribution >= 0.6 is 11.6 Å². The van der Waals surface area contributed by atoms with E-state index in [-0.39, 0.29) is 17.3 Å². The van der Waals surface area contributed by atoms with E-state index in [0.717, 1.165) is 32.0 Å². The standard InChI is InChI=1S/C25H22ClN3O3/c26-20-6-2-1-5-17(20)15-22-24(31)18-8-9-21(30)19(25(18)32-22)16-28-11-13-29(14-12-28)23-7-3-4-10-27-23/h1-10,15,30H,11-14,16H2/b22-15-. The number of pyridine rings is 1. The van der Waals surface area contributed by atoms with Crippen molar-refractivity contribution in [2.45, 2.75) is 6.54 Å². The van der Waals surface area contributed by atoms with E-state index in [4.69, 9.17) is 16.3 Å². The van der Waals surface area contributed by atoms with Gasteiger partial charge in [0.1, 0.15) is 17.3 Å². The first-order valence-electron chi connectivity index (χ1n) is 10.5. The molecule has 0 unspecified atom stereocenters. The minimum Gasteiger partial charge on any atom is -0.507 e. The number of Topliss-reactive ketones (excluding diaryl/α,β-unsaturated/α-hetero) is 1. The summed E-state index contributed by atoms with van der Waals surface area (Å²) in [5, 5.41) is 11.1. The minimum atomic E-state index is -0.207. The average molecular weight is 448 g/mol. The molecule has 32 heavy (non-hydrogen) atoms. The SMILES string of the molecule is O=C1/C(=C/c2ccccc2Cl)Oc2c1ccc(O)c2CN1CCN(c2ccccn2)CC1. The fourth-order valence-electron chi connectivity index (χ4n) is 4.08. The van der Waals surface area contributed by atoms with Gasteiger partial charge in [-0.3, -0.25) is 9.69 Å². The Morgan fingerprint density at radius 1 is 1.03 bits per heavy atom. The molecule has 1 fully saturated rings. The first-order chi connectivity index (χ1) is 15.6. The normalized spacial score (nSPS) is 17.5. The summed E-state index contributed by atoms with van der Waals surface area (Å²) in [6.45, 7) is 3.80. The molecule has 3 heterocycles. The summed E-state index contributed by atoms with van der Waals surface area (Å²) < 4.78 is 5.97. The predicted octanol–water partition coefficient (Wildman–Crippen LogP) is 4.38. The van der Waals surface area contributed by atoms with Crippen molar-refractivity contribution in [3.63, 3.8) is 0 Å². The average Bonchev–Trinajstić information content (AvgIpc) is 3.14. The van der Waals surface area contributed by atoms with Crippen LogP contribution < -0.4 is 9.64 Å². The molecular weight excluding hydrogens is 426 g/mol. The molecule has 7 heteroatoms. The molecule has 0 spiro atoms. The van der Waals surface area contributed by atoms with Crippen molar-refractivity contribution in [1.82, 2.24) is 9.88 Å². The number of phenolic OH excluding ortho intramolecular Hbond substituents is 1. The maximum atomic E-state index is 12.9. The molecule has 2 aromatic carbocycles. The van der Waals surface area contributed by atoms with E-state index < -0.39 is 0 Å². The Morgan fingerprint density at radius 2 is 1.81 bits per heavy atom. The topological polar surface area (TPSA) is 65.9 Å². The summed E-state index contributed by atoms with van der Waals surface area (Å²) in [6, 6.07) is 16.4. The molecule has 0 aliphatic carbocycles. The molecule has 1 aromatic heterocycles. The Kier molecular flexibility index (Phi) is 5.55. The van der Waals surface area contributed by atoms with Crippen LogP contribution in [0, 0.1) is 0 Å². The summed E-state index contributed by atoms with van der Waals surface area (Å²) in [5.74, 6) is 1.53. The number of rotatable bonds is 4. The van der Waals surface area contributed by atoms with Crippen molar-refractivity contribution in [1.29, 1.82) is 0 Å². The smallest absolute Gasteiger partial charge is 0.231 e. The highest BCUT2D eigenvalue weighted by molar-refractivity contribution is 6.32. The maximum absolute atomic E-state index is 12.9. The van der Waals surface area contributed by atoms with Crippen molar-refractivity contribution in [3.8, 4) is 11.5 Å². The molecule has 3 aromatic rings. The second kappa shape index (κ2) is 8.65. The number of hydrogen-bond donors (Lipinski definition) is 1. The van der Waals surface area contributed by atoms with Crippen molar-refractivity contribution in [2.24, 2.45) is 0 Å². The minimum absolute atomic E-state index is 0.127. The van der Waals surface area contributed by atoms with E-state index >= 15 is 0 Å². The van der Waals surface area contributed by atoms with E-state index in [9.17, 15) is 9.90 Å². The van der Waals surface area contributed by atoms with Gasteiger partial charge in [0.25, 0.3) is 0 Å². The number of allylic oxidation sites excluding steroid dienone is 1. The largest absolute Gasteiger partial charge is 0.507 e. The van der Waals surface area contributed by atoms with Crippen molar-refractivity contribution >= 4 is 29.3 Å². The Balaban J connectivity index is 1.35. The van der Waals surface area contributed by atoms with E-state index in [1.54, 1.807) is 30.5 Å². The highest BCUT2D eigenvalue weighted by Crippen LogP contribution is 2.40. The van der Waals surface area contributed by atoms with Crippen LogP contribution in [0.1, 0.15) is 21.5 Å². The molecule has 2 aliphatic rings. The number of ketones is 1. The molecule has 1 saturated heterocycles. The highest BCUT2D eigenvalue weighted by Gasteiger charge is 2.32. The van der Waals surface area contributed by atoms with E-state index in [1.165, 1.54) is 0 Å². The lowest BCUT2D eigenvalue weighted by Gasteiger charge is -2.35. The summed E-state index contributed by atoms with van der Waals surface area (Å²) in [4.78, 5) is 21.8. The van der Waals surface area contributed by atoms with Crippen LogP contribution in [0.4, 0.5) is 5.82 Å². The number of phenols is 1. The van der Waals surface area contributed by atoms with Gasteiger partial charge in [-0.15, -0.1) is 0 Å². The van der Waals surface area contributed by atoms with Gasteiger partial charge in [-0.1, -0.05) is 35.9 Å². The van der Waals surface area contributed by atoms with Crippen LogP contribution in [0.3, 0.4) is 0 Å². The lowest BCUT2D eigenvalue weighted by atomic mass is 10.0. The third-order valence-corrected chi connectivity index (χ3v) is 6.18. The third-order valence-electron chi connectivity index (χ3n) is 5.84. The monoisotopic (exact) mass is 447 g/mol. The van der Waals surface area contributed by atoms with Gasteiger partial charge in [0.15, 0.2) is 5.76 Å². The summed E-state index contributed by atoms with van der Waals surface area (Å²) in [7, 11) is 0. The van der Waals surface area contributed by atoms with Crippen LogP contribution in [-0.4, -0.2) is 47.0 Å². The zero-order chi connectivity index (χ0) is 22.1. The number of halogens is 1. The number of benzene rings is 2. The van der Waals surface area contributed by atoms with Crippen molar-refractivity contribution in [3.05, 3.63) is 88.3 Å². The number of carbonyl (C=O) groups is 1. The Morgan fingerprint density at radius 3 is 2.56 bits per heavy atom. The van der Waals surface area contributed by atoms with Gasteiger partial charge in [0.2, 0.25) is 5.78 Å². The van der Waals surface area contributed by atoms with Gasteiger partial charge >= 0.3 is 0 Å². The van der Waals surface area contributed by atoms with Crippen LogP contribution in [0.5, 0.6) is 11.5 Å². The van der Waals surface area contributed by atoms with E-state index in [2.05, 4.69) is 14.8 Å². The van der Waals surface area contributed by atoms with Gasteiger partial charge in [-0.2, -0.15) is 0 Å². The third kappa shape index (κ3) is 3.95. The molecule has 5 rings (SSSR count). The molecule has 6 nitrogen and oxygen atoms in total. The molecule has 0 saturated carbocycles. The van der Waals surface area contributed by atoms with E-state index in [1.807, 2.05) is 36.4 Å². The lowest BCUT2D eigenvalue weighted by molar-refractivity contribution is 0.101. The van der Waals surface area contributed by atoms with Gasteiger partial charge in [0, 0.05) is 43.9 Å². The summed E-state index contributed by atoms with van der Waals surface area (Å²) in [6.07, 6.45) is 3.45. The Hall–Kier alpha value is -3.35. The van der Waals surface area contributed by atoms with Gasteiger partial charge < -0.3 is 14.7 Å². The van der Waals surface area contributed by atoms with Crippen LogP contribution in [-0.2, 0) is 6.54 Å². The number of nitrogens with zero attached hydrogens (tertiary/aromatic N) is 3. The number of hydrogen-bond acceptors (Lipinski definition) is 6. The second-order valence-corrected chi connectivity index (χ2v) is 8.26. The molecule has 0 bridgehead atoms. The number of piperazine rings is 1. The zero-order valence-corrected chi connectivity index (χ0v) is 18.1. The predicted molar refractivity (Wildman–Crippen MR) is 124 cm³/mol. The number of carbonyl (C=O) groups excluding carboxylic acids is 1. The first-order valence-corrected chi connectivity index (χ1v) is 10.9. The van der Waals surface area contributed by atoms with Gasteiger partial charge in [0.05, 0.1) is 11.1 Å². The van der Waals surface area contributed by atoms with Crippen LogP contribution in [0.25, 0.3) is 6.08 Å². The fourth-order valence-corrected chi connectivity index (χ4v) is 4.27. The molecular formula is C25H22ClN3O3. The molecule has 0 radical (unpaired) electrons. The number of fused-ring (bicyclic) bond motifs is 1. The molecule has 0 amide bonds. The molecule has 162 valence electrons. The fraction of sp³-hybridized carbons (Fsp3) is 0.200. The molecule has 1 N–H and O–H groups in total. The van der Waals surface area contributed by atoms with Crippen LogP contribution in [0.2, 0.25) is 5.02 Å². The van der Waals surface area contributed by atoms with Gasteiger partial charge in [-0.25, -0.2) is 4.98 Å². The lowest BCUT2D eigenvalue weighted by Crippen LogP contribution is -2.46. The first kappa shape index (κ1) is 20.5. The summed E-state index contributed by atoms with van der Waals surface area (Å²) in [5.41, 5.74) is 1.80. The van der Waals surface area contributed by atoms with Gasteiger partial charge in [-0.05, 0) is 42.0 Å². The Bertz CT molecular complexity index is 1190. The van der Waals surface area contributed by atoms with Crippen LogP contribution in [0.15, 0.2) is 66.6 Å². The number of aromatic hydroxyl groups is 1. The maximum Gasteiger partial charge on any atom is 0.231 e. The van der Waals surface area contributed by atoms with E-state index in [0.29, 0.717) is 34.0 Å².